The summed E-state index contributed by atoms with van der Waals surface area (Å²) in [6.45, 7) is 15.9. The lowest BCUT2D eigenvalue weighted by atomic mass is 9.86. The number of thiophene rings is 1. The van der Waals surface area contributed by atoms with E-state index in [1.54, 1.807) is 0 Å². The summed E-state index contributed by atoms with van der Waals surface area (Å²) in [5.41, 5.74) is 3.02. The lowest BCUT2D eigenvalue weighted by Gasteiger charge is -2.19. The van der Waals surface area contributed by atoms with Gasteiger partial charge in [0, 0.05) is 5.56 Å². The van der Waals surface area contributed by atoms with Crippen molar-refractivity contribution in [3.05, 3.63) is 46.1 Å². The van der Waals surface area contributed by atoms with Gasteiger partial charge in [0.15, 0.2) is 0 Å². The Morgan fingerprint density at radius 2 is 1.91 bits per heavy atom. The van der Waals surface area contributed by atoms with Crippen LogP contribution in [0.15, 0.2) is 28.5 Å². The van der Waals surface area contributed by atoms with Crippen LogP contribution in [0, 0.1) is 6.57 Å². The maximum Gasteiger partial charge on any atom is 0.345 e. The lowest BCUT2D eigenvalue weighted by Crippen LogP contribution is -2.10. The summed E-state index contributed by atoms with van der Waals surface area (Å²) < 4.78 is 0.787. The molecular formula is C18H19NO2S2. The Labute approximate surface area is 145 Å². The van der Waals surface area contributed by atoms with Gasteiger partial charge in [-0.05, 0) is 22.3 Å². The second-order valence-corrected chi connectivity index (χ2v) is 8.67. The normalized spacial score (nSPS) is 11.3. The van der Waals surface area contributed by atoms with Gasteiger partial charge >= 0.3 is 5.97 Å². The maximum atomic E-state index is 11.6. The molecule has 0 radical (unpaired) electrons. The van der Waals surface area contributed by atoms with Gasteiger partial charge in [-0.25, -0.2) is 9.64 Å². The summed E-state index contributed by atoms with van der Waals surface area (Å²) in [6.07, 6.45) is 0. The summed E-state index contributed by atoms with van der Waals surface area (Å²) in [5, 5.41) is 9.51. The van der Waals surface area contributed by atoms with E-state index in [2.05, 4.69) is 25.6 Å². The third kappa shape index (κ3) is 3.60. The zero-order valence-electron chi connectivity index (χ0n) is 13.6. The summed E-state index contributed by atoms with van der Waals surface area (Å²) in [4.78, 5) is 15.5. The zero-order chi connectivity index (χ0) is 17.2. The van der Waals surface area contributed by atoms with Crippen molar-refractivity contribution >= 4 is 34.8 Å². The highest BCUT2D eigenvalue weighted by molar-refractivity contribution is 8.01. The van der Waals surface area contributed by atoms with Crippen LogP contribution < -0.4 is 0 Å². The Morgan fingerprint density at radius 1 is 1.30 bits per heavy atom. The van der Waals surface area contributed by atoms with Crippen molar-refractivity contribution < 1.29 is 9.90 Å². The van der Waals surface area contributed by atoms with Crippen molar-refractivity contribution in [3.63, 3.8) is 0 Å². The van der Waals surface area contributed by atoms with E-state index in [0.29, 0.717) is 11.3 Å². The van der Waals surface area contributed by atoms with Crippen LogP contribution in [0.3, 0.4) is 0 Å². The molecule has 1 heterocycles. The first kappa shape index (κ1) is 17.6. The quantitative estimate of drug-likeness (QED) is 0.540. The Bertz CT molecular complexity index is 762. The molecule has 0 unspecified atom stereocenters. The molecule has 0 aliphatic heterocycles. The first-order valence-electron chi connectivity index (χ1n) is 7.30. The van der Waals surface area contributed by atoms with E-state index in [1.165, 1.54) is 28.7 Å². The van der Waals surface area contributed by atoms with Crippen LogP contribution in [0.1, 0.15) is 42.9 Å². The fourth-order valence-corrected chi connectivity index (χ4v) is 4.51. The molecule has 0 aliphatic carbocycles. The van der Waals surface area contributed by atoms with Crippen LogP contribution in [-0.2, 0) is 5.41 Å². The number of carboxylic acids is 1. The van der Waals surface area contributed by atoms with Crippen molar-refractivity contribution in [1.29, 1.82) is 0 Å². The van der Waals surface area contributed by atoms with Gasteiger partial charge in [0.25, 0.3) is 0 Å². The number of hydrogen-bond donors (Lipinski definition) is 1. The summed E-state index contributed by atoms with van der Waals surface area (Å²) in [6, 6.07) is 7.87. The minimum Gasteiger partial charge on any atom is -0.477 e. The van der Waals surface area contributed by atoms with Crippen LogP contribution in [0.25, 0.3) is 16.0 Å². The molecule has 0 saturated carbocycles. The standard InChI is InChI=1S/C18H19NO2S2/c1-6-22-17-14(19-5)13(15(23-17)16(20)21)11-7-9-12(10-8-11)18(2,3)4/h7-10H,6H2,1-4H3,(H,20,21). The van der Waals surface area contributed by atoms with Crippen LogP contribution >= 0.6 is 23.1 Å². The van der Waals surface area contributed by atoms with Crippen LogP contribution in [-0.4, -0.2) is 16.8 Å². The Kier molecular flexibility index (Phi) is 5.18. The van der Waals surface area contributed by atoms with E-state index in [-0.39, 0.29) is 10.3 Å². The van der Waals surface area contributed by atoms with Crippen LogP contribution in [0.2, 0.25) is 0 Å². The average Bonchev–Trinajstić information content (AvgIpc) is 2.85. The van der Waals surface area contributed by atoms with Crippen LogP contribution in [0.4, 0.5) is 5.69 Å². The third-order valence-corrected chi connectivity index (χ3v) is 5.78. The van der Waals surface area contributed by atoms with E-state index >= 15 is 0 Å². The number of carbonyl (C=O) groups is 1. The highest BCUT2D eigenvalue weighted by Crippen LogP contribution is 2.47. The molecule has 0 fully saturated rings. The van der Waals surface area contributed by atoms with Crippen molar-refractivity contribution in [3.8, 4) is 11.1 Å². The number of nitrogens with zero attached hydrogens (tertiary/aromatic N) is 1. The topological polar surface area (TPSA) is 41.7 Å². The highest BCUT2D eigenvalue weighted by atomic mass is 32.2. The molecule has 120 valence electrons. The predicted octanol–water partition coefficient (Wildman–Crippen LogP) is 6.07. The minimum absolute atomic E-state index is 0.0364. The molecule has 0 amide bonds. The molecule has 0 aliphatic rings. The van der Waals surface area contributed by atoms with Gasteiger partial charge in [-0.2, -0.15) is 0 Å². The zero-order valence-corrected chi connectivity index (χ0v) is 15.3. The fraction of sp³-hybridized carbons (Fsp3) is 0.333. The molecule has 1 N–H and O–H groups in total. The molecular weight excluding hydrogens is 326 g/mol. The number of rotatable bonds is 4. The fourth-order valence-electron chi connectivity index (χ4n) is 2.29. The average molecular weight is 345 g/mol. The van der Waals surface area contributed by atoms with Crippen molar-refractivity contribution in [2.24, 2.45) is 0 Å². The summed E-state index contributed by atoms with van der Waals surface area (Å²) in [5.74, 6) is -0.164. The largest absolute Gasteiger partial charge is 0.477 e. The molecule has 23 heavy (non-hydrogen) atoms. The van der Waals surface area contributed by atoms with E-state index in [4.69, 9.17) is 6.57 Å². The highest BCUT2D eigenvalue weighted by Gasteiger charge is 2.24. The van der Waals surface area contributed by atoms with Gasteiger partial charge in [0.2, 0.25) is 5.69 Å². The second-order valence-electron chi connectivity index (χ2n) is 6.12. The first-order valence-corrected chi connectivity index (χ1v) is 9.11. The van der Waals surface area contributed by atoms with Gasteiger partial charge in [-0.1, -0.05) is 52.0 Å². The van der Waals surface area contributed by atoms with Crippen LogP contribution in [0.5, 0.6) is 0 Å². The van der Waals surface area contributed by atoms with Gasteiger partial charge in [0.05, 0.1) is 10.8 Å². The number of benzene rings is 1. The first-order chi connectivity index (χ1) is 10.8. The van der Waals surface area contributed by atoms with Crippen molar-refractivity contribution in [2.45, 2.75) is 37.3 Å². The van der Waals surface area contributed by atoms with Gasteiger partial charge < -0.3 is 5.11 Å². The molecule has 3 nitrogen and oxygen atoms in total. The molecule has 5 heteroatoms. The molecule has 0 spiro atoms. The smallest absolute Gasteiger partial charge is 0.345 e. The Balaban J connectivity index is 2.62. The van der Waals surface area contributed by atoms with Crippen molar-refractivity contribution in [1.82, 2.24) is 0 Å². The number of thioether (sulfide) groups is 1. The summed E-state index contributed by atoms with van der Waals surface area (Å²) in [7, 11) is 0. The molecule has 0 bridgehead atoms. The van der Waals surface area contributed by atoms with E-state index in [1.807, 2.05) is 31.2 Å². The number of aromatic carboxylic acids is 1. The monoisotopic (exact) mass is 345 g/mol. The Hall–Kier alpha value is -1.77. The minimum atomic E-state index is -0.974. The molecule has 2 aromatic rings. The van der Waals surface area contributed by atoms with Gasteiger partial charge in [-0.15, -0.1) is 23.1 Å². The Morgan fingerprint density at radius 3 is 2.35 bits per heavy atom. The SMILES string of the molecule is [C-]#[N+]c1c(SCC)sc(C(=O)O)c1-c1ccc(C(C)(C)C)cc1. The van der Waals surface area contributed by atoms with E-state index in [0.717, 1.165) is 15.5 Å². The molecule has 1 aromatic heterocycles. The molecule has 1 aromatic carbocycles. The molecule has 0 saturated heterocycles. The lowest BCUT2D eigenvalue weighted by molar-refractivity contribution is 0.0703. The summed E-state index contributed by atoms with van der Waals surface area (Å²) >= 11 is 2.72. The van der Waals surface area contributed by atoms with Gasteiger partial charge in [-0.3, -0.25) is 0 Å². The van der Waals surface area contributed by atoms with Crippen molar-refractivity contribution in [2.75, 3.05) is 5.75 Å². The van der Waals surface area contributed by atoms with Gasteiger partial charge in [0.1, 0.15) is 4.88 Å². The molecule has 0 atom stereocenters. The number of carboxylic acid groups (broad SMARTS) is 1. The van der Waals surface area contributed by atoms with E-state index in [9.17, 15) is 9.90 Å². The predicted molar refractivity (Wildman–Crippen MR) is 98.1 cm³/mol. The number of hydrogen-bond acceptors (Lipinski definition) is 3. The molecule has 2 rings (SSSR count). The van der Waals surface area contributed by atoms with E-state index < -0.39 is 5.97 Å². The maximum absolute atomic E-state index is 11.6. The third-order valence-electron chi connectivity index (χ3n) is 3.47. The second kappa shape index (κ2) is 6.77.